The number of halogens is 3. The highest BCUT2D eigenvalue weighted by Crippen LogP contribution is 2.16. The number of ketones is 1. The lowest BCUT2D eigenvalue weighted by atomic mass is 10.1. The van der Waals surface area contributed by atoms with Gasteiger partial charge >= 0.3 is 0 Å². The van der Waals surface area contributed by atoms with Crippen LogP contribution in [0.15, 0.2) is 12.1 Å². The van der Waals surface area contributed by atoms with Gasteiger partial charge in [-0.1, -0.05) is 0 Å². The molecule has 0 unspecified atom stereocenters. The molecule has 1 aromatic rings. The Kier molecular flexibility index (Phi) is 3.15. The molecule has 0 aliphatic rings. The molecule has 0 aromatic heterocycles. The maximum atomic E-state index is 13.2. The molecule has 0 aliphatic carbocycles. The van der Waals surface area contributed by atoms with Gasteiger partial charge in [0.2, 0.25) is 0 Å². The Morgan fingerprint density at radius 3 is 2.64 bits per heavy atom. The Bertz CT molecular complexity index is 426. The van der Waals surface area contributed by atoms with Gasteiger partial charge in [-0.15, -0.1) is 11.6 Å². The maximum absolute atomic E-state index is 13.2. The van der Waals surface area contributed by atoms with Crippen LogP contribution in [0.3, 0.4) is 0 Å². The van der Waals surface area contributed by atoms with E-state index in [1.807, 2.05) is 0 Å². The summed E-state index contributed by atoms with van der Waals surface area (Å²) in [6.07, 6.45) is 0. The van der Waals surface area contributed by atoms with Crippen LogP contribution in [0.25, 0.3) is 0 Å². The van der Waals surface area contributed by atoms with Gasteiger partial charge < -0.3 is 0 Å². The van der Waals surface area contributed by atoms with Crippen molar-refractivity contribution < 1.29 is 13.6 Å². The fraction of sp³-hybridized carbons (Fsp3) is 0.111. The van der Waals surface area contributed by atoms with Gasteiger partial charge in [0.15, 0.2) is 11.6 Å². The summed E-state index contributed by atoms with van der Waals surface area (Å²) in [5.74, 6) is -3.23. The summed E-state index contributed by atoms with van der Waals surface area (Å²) in [4.78, 5) is 11.0. The standard InChI is InChI=1S/C9H4ClF2NO/c10-3-8(14)5-1-2-7(11)6(4-13)9(5)12/h1-2H,3H2. The first-order valence-electron chi connectivity index (χ1n) is 3.59. The highest BCUT2D eigenvalue weighted by atomic mass is 35.5. The molecule has 0 amide bonds. The summed E-state index contributed by atoms with van der Waals surface area (Å²) in [5.41, 5.74) is -1.13. The molecule has 0 bridgehead atoms. The minimum Gasteiger partial charge on any atom is -0.293 e. The predicted molar refractivity (Wildman–Crippen MR) is 46.1 cm³/mol. The number of Topliss-reactive ketones (excluding diaryl/α,β-unsaturated/α-hetero) is 1. The number of rotatable bonds is 2. The van der Waals surface area contributed by atoms with E-state index in [0.717, 1.165) is 12.1 Å². The monoisotopic (exact) mass is 215 g/mol. The number of nitrogens with zero attached hydrogens (tertiary/aromatic N) is 1. The van der Waals surface area contributed by atoms with Crippen LogP contribution in [0.2, 0.25) is 0 Å². The summed E-state index contributed by atoms with van der Waals surface area (Å²) in [6.45, 7) is 0. The molecule has 0 fully saturated rings. The van der Waals surface area contributed by atoms with Crippen molar-refractivity contribution in [2.45, 2.75) is 0 Å². The quantitative estimate of drug-likeness (QED) is 0.561. The topological polar surface area (TPSA) is 40.9 Å². The molecular formula is C9H4ClF2NO. The fourth-order valence-corrected chi connectivity index (χ4v) is 1.09. The fourth-order valence-electron chi connectivity index (χ4n) is 0.942. The average Bonchev–Trinajstić information content (AvgIpc) is 2.18. The van der Waals surface area contributed by atoms with E-state index in [0.29, 0.717) is 0 Å². The van der Waals surface area contributed by atoms with E-state index in [1.54, 1.807) is 0 Å². The van der Waals surface area contributed by atoms with Gasteiger partial charge in [-0.2, -0.15) is 5.26 Å². The van der Waals surface area contributed by atoms with Gasteiger partial charge in [0.25, 0.3) is 0 Å². The van der Waals surface area contributed by atoms with E-state index >= 15 is 0 Å². The highest BCUT2D eigenvalue weighted by Gasteiger charge is 2.17. The summed E-state index contributed by atoms with van der Waals surface area (Å²) < 4.78 is 26.0. The second-order valence-corrected chi connectivity index (χ2v) is 2.72. The molecule has 0 N–H and O–H groups in total. The van der Waals surface area contributed by atoms with Gasteiger partial charge in [0, 0.05) is 0 Å². The van der Waals surface area contributed by atoms with E-state index in [-0.39, 0.29) is 5.56 Å². The van der Waals surface area contributed by atoms with Gasteiger partial charge in [-0.3, -0.25) is 4.79 Å². The molecule has 0 heterocycles. The number of benzene rings is 1. The molecule has 2 nitrogen and oxygen atoms in total. The van der Waals surface area contributed by atoms with Gasteiger partial charge in [-0.05, 0) is 12.1 Å². The second kappa shape index (κ2) is 4.16. The van der Waals surface area contributed by atoms with Crippen molar-refractivity contribution >= 4 is 17.4 Å². The second-order valence-electron chi connectivity index (χ2n) is 2.45. The zero-order valence-corrected chi connectivity index (χ0v) is 7.61. The molecule has 0 saturated heterocycles. The van der Waals surface area contributed by atoms with Crippen LogP contribution in [0.4, 0.5) is 8.78 Å². The summed E-state index contributed by atoms with van der Waals surface area (Å²) >= 11 is 5.20. The van der Waals surface area contributed by atoms with E-state index < -0.39 is 28.9 Å². The maximum Gasteiger partial charge on any atom is 0.180 e. The lowest BCUT2D eigenvalue weighted by Gasteiger charge is -2.01. The first-order chi connectivity index (χ1) is 6.61. The van der Waals surface area contributed by atoms with Crippen LogP contribution in [0.5, 0.6) is 0 Å². The number of hydrogen-bond acceptors (Lipinski definition) is 2. The number of carbonyl (C=O) groups excluding carboxylic acids is 1. The van der Waals surface area contributed by atoms with Crippen LogP contribution in [-0.2, 0) is 0 Å². The van der Waals surface area contributed by atoms with Gasteiger partial charge in [0.1, 0.15) is 17.4 Å². The number of carbonyl (C=O) groups is 1. The molecule has 5 heteroatoms. The molecular weight excluding hydrogens is 212 g/mol. The Morgan fingerprint density at radius 2 is 2.14 bits per heavy atom. The van der Waals surface area contributed by atoms with Crippen LogP contribution < -0.4 is 0 Å². The predicted octanol–water partition coefficient (Wildman–Crippen LogP) is 2.26. The van der Waals surface area contributed by atoms with Crippen molar-refractivity contribution in [2.24, 2.45) is 0 Å². The van der Waals surface area contributed by atoms with Crippen LogP contribution in [0, 0.1) is 23.0 Å². The Hall–Kier alpha value is -1.47. The molecule has 1 aromatic carbocycles. The lowest BCUT2D eigenvalue weighted by Crippen LogP contribution is -2.06. The molecule has 0 radical (unpaired) electrons. The van der Waals surface area contributed by atoms with Gasteiger partial charge in [0.05, 0.1) is 11.4 Å². The molecule has 0 aliphatic heterocycles. The molecule has 0 spiro atoms. The van der Waals surface area contributed by atoms with Crippen molar-refractivity contribution in [3.63, 3.8) is 0 Å². The Labute approximate surface area is 83.7 Å². The first-order valence-corrected chi connectivity index (χ1v) is 4.12. The number of alkyl halides is 1. The van der Waals surface area contributed by atoms with Crippen molar-refractivity contribution in [1.82, 2.24) is 0 Å². The van der Waals surface area contributed by atoms with Crippen molar-refractivity contribution in [1.29, 1.82) is 5.26 Å². The number of nitriles is 1. The Balaban J connectivity index is 3.37. The smallest absolute Gasteiger partial charge is 0.180 e. The van der Waals surface area contributed by atoms with E-state index in [9.17, 15) is 13.6 Å². The average molecular weight is 216 g/mol. The van der Waals surface area contributed by atoms with Crippen LogP contribution >= 0.6 is 11.6 Å². The third kappa shape index (κ3) is 1.73. The van der Waals surface area contributed by atoms with Crippen molar-refractivity contribution in [3.05, 3.63) is 34.9 Å². The molecule has 1 rings (SSSR count). The third-order valence-corrected chi connectivity index (χ3v) is 1.87. The van der Waals surface area contributed by atoms with Crippen LogP contribution in [-0.4, -0.2) is 11.7 Å². The van der Waals surface area contributed by atoms with E-state index in [1.165, 1.54) is 6.07 Å². The third-order valence-electron chi connectivity index (χ3n) is 1.62. The minimum atomic E-state index is -1.15. The lowest BCUT2D eigenvalue weighted by molar-refractivity contribution is 0.101. The first kappa shape index (κ1) is 10.6. The summed E-state index contributed by atoms with van der Waals surface area (Å²) in [6, 6.07) is 3.17. The SMILES string of the molecule is N#Cc1c(F)ccc(C(=O)CCl)c1F. The zero-order chi connectivity index (χ0) is 10.7. The van der Waals surface area contributed by atoms with Crippen molar-refractivity contribution in [3.8, 4) is 6.07 Å². The molecule has 14 heavy (non-hydrogen) atoms. The number of hydrogen-bond donors (Lipinski definition) is 0. The highest BCUT2D eigenvalue weighted by molar-refractivity contribution is 6.30. The molecule has 0 saturated carbocycles. The minimum absolute atomic E-state index is 0.363. The summed E-state index contributed by atoms with van der Waals surface area (Å²) in [5, 5.41) is 8.40. The molecule has 72 valence electrons. The zero-order valence-electron chi connectivity index (χ0n) is 6.85. The summed E-state index contributed by atoms with van der Waals surface area (Å²) in [7, 11) is 0. The normalized spacial score (nSPS) is 9.57. The van der Waals surface area contributed by atoms with E-state index in [4.69, 9.17) is 16.9 Å². The van der Waals surface area contributed by atoms with Crippen molar-refractivity contribution in [2.75, 3.05) is 5.88 Å². The van der Waals surface area contributed by atoms with E-state index in [2.05, 4.69) is 0 Å². The largest absolute Gasteiger partial charge is 0.293 e. The Morgan fingerprint density at radius 1 is 1.50 bits per heavy atom. The molecule has 0 atom stereocenters. The van der Waals surface area contributed by atoms with Crippen LogP contribution in [0.1, 0.15) is 15.9 Å². The van der Waals surface area contributed by atoms with Gasteiger partial charge in [-0.25, -0.2) is 8.78 Å².